The molecule has 234 valence electrons. The Morgan fingerprint density at radius 3 is 1.78 bits per heavy atom. The second kappa shape index (κ2) is 13.1. The van der Waals surface area contributed by atoms with Crippen LogP contribution in [-0.4, -0.2) is 40.5 Å². The van der Waals surface area contributed by atoms with E-state index in [0.29, 0.717) is 5.56 Å². The lowest BCUT2D eigenvalue weighted by Gasteiger charge is -2.49. The van der Waals surface area contributed by atoms with Gasteiger partial charge in [-0.1, -0.05) is 124 Å². The van der Waals surface area contributed by atoms with E-state index < -0.39 is 54.7 Å². The SMILES string of the molecule is COC(=O)[C@H]1C[C@](C(=O)OC)([C@H](O[Si](c2ccccc2)(c2ccccc2)C(C)(C)C)c2ccc(F)cc2)[C@@H](c2ccccc2)N1. The lowest BCUT2D eigenvalue weighted by Crippen LogP contribution is -2.68. The van der Waals surface area contributed by atoms with E-state index in [1.807, 2.05) is 66.7 Å². The summed E-state index contributed by atoms with van der Waals surface area (Å²) in [5.74, 6) is -1.45. The van der Waals surface area contributed by atoms with Crippen molar-refractivity contribution in [3.63, 3.8) is 0 Å². The summed E-state index contributed by atoms with van der Waals surface area (Å²) in [7, 11) is -0.637. The average molecular weight is 626 g/mol. The molecule has 0 bridgehead atoms. The van der Waals surface area contributed by atoms with Crippen molar-refractivity contribution in [3.8, 4) is 0 Å². The molecule has 4 atom stereocenters. The Balaban J connectivity index is 1.86. The van der Waals surface area contributed by atoms with E-state index in [1.54, 1.807) is 12.1 Å². The standard InChI is InChI=1S/C37H40FNO5Si/c1-36(2,3)45(29-17-11-7-12-18-29,30-19-13-8-14-20-30)44-33(27-21-23-28(38)24-22-27)37(35(41)43-5)25-31(34(40)42-4)39-32(37)26-15-9-6-10-16-26/h6-24,31-33,39H,25H2,1-5H3/t31-,32-,33-,37-/m1/s1. The van der Waals surface area contributed by atoms with Crippen molar-refractivity contribution in [2.45, 2.75) is 50.4 Å². The van der Waals surface area contributed by atoms with E-state index in [0.717, 1.165) is 15.9 Å². The van der Waals surface area contributed by atoms with E-state index in [1.165, 1.54) is 26.4 Å². The highest BCUT2D eigenvalue weighted by atomic mass is 28.4. The molecule has 4 aromatic rings. The molecule has 1 saturated heterocycles. The summed E-state index contributed by atoms with van der Waals surface area (Å²) in [6.45, 7) is 6.47. The van der Waals surface area contributed by atoms with Gasteiger partial charge >= 0.3 is 11.9 Å². The van der Waals surface area contributed by atoms with Gasteiger partial charge in [0, 0.05) is 0 Å². The Hall–Kier alpha value is -4.11. The topological polar surface area (TPSA) is 73.9 Å². The third-order valence-corrected chi connectivity index (χ3v) is 14.0. The van der Waals surface area contributed by atoms with Crippen molar-refractivity contribution < 1.29 is 27.9 Å². The number of esters is 2. The molecule has 0 amide bonds. The van der Waals surface area contributed by atoms with Crippen LogP contribution in [0, 0.1) is 11.2 Å². The fourth-order valence-electron chi connectivity index (χ4n) is 6.93. The number of carbonyl (C=O) groups excluding carboxylic acids is 2. The highest BCUT2D eigenvalue weighted by Crippen LogP contribution is 2.56. The number of ether oxygens (including phenoxy) is 2. The van der Waals surface area contributed by atoms with Crippen molar-refractivity contribution in [1.29, 1.82) is 0 Å². The molecule has 8 heteroatoms. The molecule has 0 saturated carbocycles. The Morgan fingerprint density at radius 2 is 1.31 bits per heavy atom. The molecule has 45 heavy (non-hydrogen) atoms. The maximum Gasteiger partial charge on any atom is 0.322 e. The highest BCUT2D eigenvalue weighted by molar-refractivity contribution is 6.99. The van der Waals surface area contributed by atoms with Gasteiger partial charge in [-0.25, -0.2) is 4.39 Å². The number of halogens is 1. The summed E-state index contributed by atoms with van der Waals surface area (Å²) in [5, 5.41) is 5.01. The maximum atomic E-state index is 14.5. The highest BCUT2D eigenvalue weighted by Gasteiger charge is 2.64. The number of hydrogen-bond donors (Lipinski definition) is 1. The van der Waals surface area contributed by atoms with Crippen LogP contribution in [-0.2, 0) is 23.5 Å². The zero-order chi connectivity index (χ0) is 32.2. The Kier molecular flexibility index (Phi) is 9.39. The summed E-state index contributed by atoms with van der Waals surface area (Å²) >= 11 is 0. The normalized spacial score (nSPS) is 20.8. The molecule has 4 aromatic carbocycles. The first kappa shape index (κ1) is 32.3. The molecule has 1 aliphatic rings. The van der Waals surface area contributed by atoms with Crippen molar-refractivity contribution in [2.24, 2.45) is 5.41 Å². The summed E-state index contributed by atoms with van der Waals surface area (Å²) in [6, 6.07) is 34.3. The number of carbonyl (C=O) groups is 2. The minimum absolute atomic E-state index is 0.0339. The summed E-state index contributed by atoms with van der Waals surface area (Å²) < 4.78 is 33.0. The fourth-order valence-corrected chi connectivity index (χ4v) is 11.6. The summed E-state index contributed by atoms with van der Waals surface area (Å²) in [6.07, 6.45) is -0.934. The van der Waals surface area contributed by atoms with Gasteiger partial charge in [-0.3, -0.25) is 14.9 Å². The van der Waals surface area contributed by atoms with E-state index in [9.17, 15) is 14.0 Å². The Bertz CT molecular complexity index is 1560. The molecule has 6 nitrogen and oxygen atoms in total. The minimum Gasteiger partial charge on any atom is -0.468 e. The van der Waals surface area contributed by atoms with Crippen LogP contribution < -0.4 is 15.7 Å². The van der Waals surface area contributed by atoms with E-state index in [4.69, 9.17) is 13.9 Å². The number of nitrogens with one attached hydrogen (secondary N) is 1. The van der Waals surface area contributed by atoms with Crippen LogP contribution in [0.2, 0.25) is 5.04 Å². The van der Waals surface area contributed by atoms with Crippen molar-refractivity contribution in [3.05, 3.63) is 132 Å². The van der Waals surface area contributed by atoms with Gasteiger partial charge < -0.3 is 13.9 Å². The third kappa shape index (κ3) is 5.86. The number of benzene rings is 4. The Morgan fingerprint density at radius 1 is 0.800 bits per heavy atom. The molecule has 1 heterocycles. The van der Waals surface area contributed by atoms with Crippen LogP contribution in [0.4, 0.5) is 4.39 Å². The van der Waals surface area contributed by atoms with Crippen LogP contribution in [0.1, 0.15) is 50.5 Å². The van der Waals surface area contributed by atoms with Gasteiger partial charge in [0.15, 0.2) is 0 Å². The third-order valence-electron chi connectivity index (χ3n) is 8.96. The van der Waals surface area contributed by atoms with E-state index in [2.05, 4.69) is 50.4 Å². The molecule has 0 unspecified atom stereocenters. The van der Waals surface area contributed by atoms with Crippen LogP contribution in [0.15, 0.2) is 115 Å². The molecular weight excluding hydrogens is 585 g/mol. The van der Waals surface area contributed by atoms with E-state index in [-0.39, 0.29) is 6.42 Å². The van der Waals surface area contributed by atoms with Crippen molar-refractivity contribution in [2.75, 3.05) is 14.2 Å². The monoisotopic (exact) mass is 625 g/mol. The molecule has 5 rings (SSSR count). The van der Waals surface area contributed by atoms with Gasteiger partial charge in [-0.2, -0.15) is 0 Å². The minimum atomic E-state index is -3.32. The zero-order valence-electron chi connectivity index (χ0n) is 26.3. The van der Waals surface area contributed by atoms with Gasteiger partial charge in [0.05, 0.1) is 26.4 Å². The second-order valence-corrected chi connectivity index (χ2v) is 16.8. The van der Waals surface area contributed by atoms with Gasteiger partial charge in [-0.05, 0) is 45.1 Å². The van der Waals surface area contributed by atoms with Gasteiger partial charge in [-0.15, -0.1) is 0 Å². The molecule has 0 aromatic heterocycles. The molecule has 0 radical (unpaired) electrons. The van der Waals surface area contributed by atoms with Gasteiger partial charge in [0.1, 0.15) is 17.3 Å². The molecular formula is C37H40FNO5Si. The van der Waals surface area contributed by atoms with Crippen molar-refractivity contribution >= 4 is 30.6 Å². The molecule has 0 spiro atoms. The van der Waals surface area contributed by atoms with E-state index >= 15 is 0 Å². The maximum absolute atomic E-state index is 14.5. The predicted octanol–water partition coefficient (Wildman–Crippen LogP) is 5.88. The average Bonchev–Trinajstić information content (AvgIpc) is 3.47. The summed E-state index contributed by atoms with van der Waals surface area (Å²) in [4.78, 5) is 27.7. The fraction of sp³-hybridized carbons (Fsp3) is 0.297. The molecule has 0 aliphatic carbocycles. The quantitative estimate of drug-likeness (QED) is 0.185. The van der Waals surface area contributed by atoms with Gasteiger partial charge in [0.2, 0.25) is 0 Å². The lowest BCUT2D eigenvalue weighted by molar-refractivity contribution is -0.161. The molecule has 1 fully saturated rings. The van der Waals surface area contributed by atoms with Crippen LogP contribution in [0.3, 0.4) is 0 Å². The van der Waals surface area contributed by atoms with Crippen LogP contribution in [0.25, 0.3) is 0 Å². The molecule has 1 aliphatic heterocycles. The van der Waals surface area contributed by atoms with Crippen LogP contribution >= 0.6 is 0 Å². The molecule has 1 N–H and O–H groups in total. The van der Waals surface area contributed by atoms with Crippen molar-refractivity contribution in [1.82, 2.24) is 5.32 Å². The lowest BCUT2D eigenvalue weighted by atomic mass is 9.70. The largest absolute Gasteiger partial charge is 0.468 e. The number of rotatable bonds is 9. The zero-order valence-corrected chi connectivity index (χ0v) is 27.3. The smallest absolute Gasteiger partial charge is 0.322 e. The van der Waals surface area contributed by atoms with Crippen LogP contribution in [0.5, 0.6) is 0 Å². The second-order valence-electron chi connectivity index (χ2n) is 12.5. The summed E-state index contributed by atoms with van der Waals surface area (Å²) in [5.41, 5.74) is -0.0738. The number of methoxy groups -OCH3 is 2. The predicted molar refractivity (Wildman–Crippen MR) is 175 cm³/mol. The first-order chi connectivity index (χ1) is 21.6. The first-order valence-corrected chi connectivity index (χ1v) is 17.0. The number of hydrogen-bond acceptors (Lipinski definition) is 6. The van der Waals surface area contributed by atoms with Gasteiger partial charge in [0.25, 0.3) is 8.32 Å². The Labute approximate surface area is 265 Å². The first-order valence-electron chi connectivity index (χ1n) is 15.1.